The van der Waals surface area contributed by atoms with Crippen LogP contribution in [0.5, 0.6) is 0 Å². The monoisotopic (exact) mass is 457 g/mol. The fraction of sp³-hybridized carbons (Fsp3) is 0.364. The normalized spacial score (nSPS) is 17.8. The number of carbonyl (C=O) groups is 1. The van der Waals surface area contributed by atoms with Gasteiger partial charge < -0.3 is 15.1 Å². The van der Waals surface area contributed by atoms with E-state index in [0.717, 1.165) is 42.9 Å². The Balaban J connectivity index is 1.26. The highest BCUT2D eigenvalue weighted by atomic mass is 19.4. The molecule has 0 unspecified atom stereocenters. The molecule has 0 aliphatic carbocycles. The number of nitrogens with one attached hydrogen (secondary N) is 1. The zero-order chi connectivity index (χ0) is 23.2. The molecule has 1 N–H and O–H groups in total. The Bertz CT molecular complexity index is 1190. The van der Waals surface area contributed by atoms with Crippen molar-refractivity contribution in [3.63, 3.8) is 0 Å². The molecule has 8 nitrogen and oxygen atoms in total. The number of alkyl halides is 3. The second kappa shape index (κ2) is 8.05. The number of likely N-dealkylation sites (N-methyl/N-ethyl adjacent to an activating group) is 1. The lowest BCUT2D eigenvalue weighted by Crippen LogP contribution is -2.49. The van der Waals surface area contributed by atoms with Gasteiger partial charge in [0.1, 0.15) is 11.7 Å². The van der Waals surface area contributed by atoms with E-state index in [0.29, 0.717) is 23.7 Å². The number of benzene rings is 1. The number of amides is 1. The minimum absolute atomic E-state index is 0.0671. The van der Waals surface area contributed by atoms with Crippen LogP contribution in [-0.2, 0) is 24.1 Å². The van der Waals surface area contributed by atoms with Crippen LogP contribution in [0.15, 0.2) is 42.9 Å². The lowest BCUT2D eigenvalue weighted by Gasteiger charge is -2.36. The third-order valence-electron chi connectivity index (χ3n) is 5.99. The van der Waals surface area contributed by atoms with Crippen LogP contribution in [0.3, 0.4) is 0 Å². The summed E-state index contributed by atoms with van der Waals surface area (Å²) in [6.07, 6.45) is 2.47. The van der Waals surface area contributed by atoms with E-state index in [1.54, 1.807) is 41.3 Å². The number of hydrogen-bond donors (Lipinski definition) is 1. The number of nitrogens with zero attached hydrogens (tertiary/aromatic N) is 6. The molecule has 1 aromatic carbocycles. The van der Waals surface area contributed by atoms with Crippen LogP contribution in [0.1, 0.15) is 29.5 Å². The van der Waals surface area contributed by atoms with Gasteiger partial charge in [-0.2, -0.15) is 23.3 Å². The molecule has 0 bridgehead atoms. The molecule has 1 saturated heterocycles. The number of hydrogen-bond acceptors (Lipinski definition) is 6. The zero-order valence-corrected chi connectivity index (χ0v) is 17.9. The SMILES string of the molecule is CN1C(=O)[C@@H]2CCCN2c2nc(NCc3cnn(Cc4cccc(C(F)(F)F)c4)c3)ncc21. The summed E-state index contributed by atoms with van der Waals surface area (Å²) in [5.74, 6) is 1.25. The van der Waals surface area contributed by atoms with Gasteiger partial charge in [-0.3, -0.25) is 9.48 Å². The second-order valence-corrected chi connectivity index (χ2v) is 8.25. The quantitative estimate of drug-likeness (QED) is 0.634. The summed E-state index contributed by atoms with van der Waals surface area (Å²) in [5, 5.41) is 7.42. The van der Waals surface area contributed by atoms with E-state index in [1.165, 1.54) is 6.07 Å². The average molecular weight is 457 g/mol. The number of aromatic nitrogens is 4. The first-order valence-corrected chi connectivity index (χ1v) is 10.6. The van der Waals surface area contributed by atoms with E-state index < -0.39 is 11.7 Å². The molecular formula is C22H22F3N7O. The van der Waals surface area contributed by atoms with Crippen molar-refractivity contribution in [2.45, 2.75) is 38.1 Å². The molecule has 33 heavy (non-hydrogen) atoms. The Morgan fingerprint density at radius 2 is 2.06 bits per heavy atom. The molecule has 2 aliphatic rings. The molecule has 0 radical (unpaired) electrons. The van der Waals surface area contributed by atoms with Gasteiger partial charge in [-0.1, -0.05) is 12.1 Å². The van der Waals surface area contributed by atoms with Crippen LogP contribution in [0, 0.1) is 0 Å². The molecule has 2 aromatic heterocycles. The minimum atomic E-state index is -4.37. The smallest absolute Gasteiger partial charge is 0.350 e. The van der Waals surface area contributed by atoms with Crippen LogP contribution in [0.4, 0.5) is 30.6 Å². The summed E-state index contributed by atoms with van der Waals surface area (Å²) >= 11 is 0. The maximum absolute atomic E-state index is 12.9. The van der Waals surface area contributed by atoms with Gasteiger partial charge in [0.15, 0.2) is 5.82 Å². The number of fused-ring (bicyclic) bond motifs is 3. The van der Waals surface area contributed by atoms with Crippen molar-refractivity contribution in [3.8, 4) is 0 Å². The first kappa shape index (κ1) is 21.2. The molecule has 1 fully saturated rings. The Kier molecular flexibility index (Phi) is 5.18. The minimum Gasteiger partial charge on any atom is -0.350 e. The van der Waals surface area contributed by atoms with E-state index in [1.807, 2.05) is 4.90 Å². The first-order chi connectivity index (χ1) is 15.8. The van der Waals surface area contributed by atoms with Crippen molar-refractivity contribution in [2.24, 2.45) is 0 Å². The molecule has 172 valence electrons. The number of carbonyl (C=O) groups excluding carboxylic acids is 1. The van der Waals surface area contributed by atoms with Crippen LogP contribution < -0.4 is 15.1 Å². The molecule has 1 atom stereocenters. The Morgan fingerprint density at radius 3 is 2.88 bits per heavy atom. The third-order valence-corrected chi connectivity index (χ3v) is 5.99. The molecule has 0 saturated carbocycles. The average Bonchev–Trinajstić information content (AvgIpc) is 3.45. The van der Waals surface area contributed by atoms with Crippen molar-refractivity contribution >= 4 is 23.4 Å². The van der Waals surface area contributed by atoms with E-state index >= 15 is 0 Å². The summed E-state index contributed by atoms with van der Waals surface area (Å²) in [7, 11) is 1.74. The number of rotatable bonds is 5. The Labute approximate surface area is 188 Å². The Morgan fingerprint density at radius 1 is 1.21 bits per heavy atom. The van der Waals surface area contributed by atoms with Crippen LogP contribution in [0.2, 0.25) is 0 Å². The number of halogens is 3. The maximum Gasteiger partial charge on any atom is 0.416 e. The summed E-state index contributed by atoms with van der Waals surface area (Å²) in [6.45, 7) is 1.42. The third kappa shape index (κ3) is 4.10. The van der Waals surface area contributed by atoms with Gasteiger partial charge >= 0.3 is 6.18 Å². The lowest BCUT2D eigenvalue weighted by molar-refractivity contribution is -0.137. The second-order valence-electron chi connectivity index (χ2n) is 8.25. The lowest BCUT2D eigenvalue weighted by atomic mass is 10.1. The summed E-state index contributed by atoms with van der Waals surface area (Å²) in [6, 6.07) is 5.06. The first-order valence-electron chi connectivity index (χ1n) is 10.6. The van der Waals surface area contributed by atoms with Gasteiger partial charge in [-0.15, -0.1) is 0 Å². The summed E-state index contributed by atoms with van der Waals surface area (Å²) in [4.78, 5) is 25.1. The van der Waals surface area contributed by atoms with E-state index in [-0.39, 0.29) is 18.5 Å². The van der Waals surface area contributed by atoms with Gasteiger partial charge in [-0.05, 0) is 30.5 Å². The summed E-state index contributed by atoms with van der Waals surface area (Å²) < 4.78 is 40.4. The predicted molar refractivity (Wildman–Crippen MR) is 116 cm³/mol. The van der Waals surface area contributed by atoms with Crippen molar-refractivity contribution in [1.29, 1.82) is 0 Å². The highest BCUT2D eigenvalue weighted by Crippen LogP contribution is 2.38. The molecule has 4 heterocycles. The maximum atomic E-state index is 12.9. The molecular weight excluding hydrogens is 435 g/mol. The van der Waals surface area contributed by atoms with Crippen LogP contribution in [0.25, 0.3) is 0 Å². The van der Waals surface area contributed by atoms with E-state index in [2.05, 4.69) is 20.4 Å². The highest BCUT2D eigenvalue weighted by Gasteiger charge is 2.40. The van der Waals surface area contributed by atoms with Crippen molar-refractivity contribution < 1.29 is 18.0 Å². The van der Waals surface area contributed by atoms with Crippen LogP contribution in [-0.4, -0.2) is 45.3 Å². The summed E-state index contributed by atoms with van der Waals surface area (Å²) in [5.41, 5.74) is 1.38. The van der Waals surface area contributed by atoms with Gasteiger partial charge in [0.05, 0.1) is 24.5 Å². The van der Waals surface area contributed by atoms with E-state index in [9.17, 15) is 18.0 Å². The van der Waals surface area contributed by atoms with Crippen molar-refractivity contribution in [2.75, 3.05) is 28.7 Å². The van der Waals surface area contributed by atoms with E-state index in [4.69, 9.17) is 0 Å². The molecule has 5 rings (SSSR count). The van der Waals surface area contributed by atoms with Crippen LogP contribution >= 0.6 is 0 Å². The largest absolute Gasteiger partial charge is 0.416 e. The predicted octanol–water partition coefficient (Wildman–Crippen LogP) is 3.30. The van der Waals surface area contributed by atoms with Gasteiger partial charge in [0, 0.05) is 31.9 Å². The fourth-order valence-electron chi connectivity index (χ4n) is 4.32. The van der Waals surface area contributed by atoms with Gasteiger partial charge in [0.25, 0.3) is 0 Å². The van der Waals surface area contributed by atoms with Crippen molar-refractivity contribution in [3.05, 3.63) is 59.5 Å². The fourth-order valence-corrected chi connectivity index (χ4v) is 4.32. The zero-order valence-electron chi connectivity index (χ0n) is 17.9. The molecule has 1 amide bonds. The standard InChI is InChI=1S/C22H22F3N7O/c1-30-18-11-27-21(29-19(18)32-7-3-6-17(32)20(30)33)26-9-15-10-28-31(13-15)12-14-4-2-5-16(8-14)22(23,24)25/h2,4-5,8,10-11,13,17H,3,6-7,9,12H2,1H3,(H,26,27,29)/t17-/m0/s1. The molecule has 2 aliphatic heterocycles. The Hall–Kier alpha value is -3.63. The van der Waals surface area contributed by atoms with Gasteiger partial charge in [-0.25, -0.2) is 4.98 Å². The highest BCUT2D eigenvalue weighted by molar-refractivity contribution is 6.04. The molecule has 3 aromatic rings. The molecule has 0 spiro atoms. The van der Waals surface area contributed by atoms with Crippen molar-refractivity contribution in [1.82, 2.24) is 19.7 Å². The number of anilines is 3. The van der Waals surface area contributed by atoms with Gasteiger partial charge in [0.2, 0.25) is 11.9 Å². The topological polar surface area (TPSA) is 79.2 Å². The molecule has 11 heteroatoms.